The summed E-state index contributed by atoms with van der Waals surface area (Å²) >= 11 is 5.87. The Labute approximate surface area is 147 Å². The average molecular weight is 373 g/mol. The van der Waals surface area contributed by atoms with Gasteiger partial charge < -0.3 is 14.7 Å². The Morgan fingerprint density at radius 2 is 1.80 bits per heavy atom. The minimum atomic E-state index is -4.48. The van der Waals surface area contributed by atoms with Gasteiger partial charge in [-0.15, -0.1) is 0 Å². The van der Waals surface area contributed by atoms with Gasteiger partial charge in [-0.1, -0.05) is 11.6 Å². The fraction of sp³-hybridized carbons (Fsp3) is 0.353. The maximum atomic E-state index is 12.6. The minimum absolute atomic E-state index is 0.0257. The Balaban J connectivity index is 1.60. The summed E-state index contributed by atoms with van der Waals surface area (Å²) in [5.74, 6) is 0.239. The number of aromatic hydroxyl groups is 1. The van der Waals surface area contributed by atoms with Crippen LogP contribution in [0, 0.1) is 0 Å². The highest BCUT2D eigenvalue weighted by Gasteiger charge is 2.32. The van der Waals surface area contributed by atoms with Crippen LogP contribution in [-0.4, -0.2) is 29.3 Å². The molecule has 0 atom stereocenters. The van der Waals surface area contributed by atoms with E-state index in [0.29, 0.717) is 12.8 Å². The molecule has 0 spiro atoms. The van der Waals surface area contributed by atoms with Crippen molar-refractivity contribution in [2.24, 2.45) is 0 Å². The van der Waals surface area contributed by atoms with Crippen molar-refractivity contribution in [1.82, 2.24) is 4.98 Å². The average Bonchev–Trinajstić information content (AvgIpc) is 2.57. The number of phenols is 1. The Kier molecular flexibility index (Phi) is 4.94. The topological polar surface area (TPSA) is 45.6 Å². The number of pyridine rings is 1. The number of alkyl halides is 3. The maximum Gasteiger partial charge on any atom is 0.417 e. The number of rotatable bonds is 3. The van der Waals surface area contributed by atoms with Crippen LogP contribution in [0.3, 0.4) is 0 Å². The van der Waals surface area contributed by atoms with Gasteiger partial charge in [0.05, 0.1) is 5.56 Å². The minimum Gasteiger partial charge on any atom is -0.508 e. The van der Waals surface area contributed by atoms with Gasteiger partial charge in [-0.05, 0) is 30.3 Å². The first-order valence-corrected chi connectivity index (χ1v) is 8.14. The maximum absolute atomic E-state index is 12.6. The number of anilines is 1. The van der Waals surface area contributed by atoms with Crippen LogP contribution in [0.15, 0.2) is 36.5 Å². The molecule has 2 heterocycles. The zero-order valence-electron chi connectivity index (χ0n) is 13.1. The van der Waals surface area contributed by atoms with Crippen LogP contribution in [0.2, 0.25) is 5.02 Å². The van der Waals surface area contributed by atoms with Crippen molar-refractivity contribution in [3.05, 3.63) is 47.1 Å². The van der Waals surface area contributed by atoms with Gasteiger partial charge in [-0.2, -0.15) is 13.2 Å². The van der Waals surface area contributed by atoms with E-state index in [4.69, 9.17) is 16.3 Å². The summed E-state index contributed by atoms with van der Waals surface area (Å²) in [6.45, 7) is 1.46. The highest BCUT2D eigenvalue weighted by molar-refractivity contribution is 6.31. The summed E-state index contributed by atoms with van der Waals surface area (Å²) in [5, 5.41) is 9.19. The first kappa shape index (κ1) is 17.7. The highest BCUT2D eigenvalue weighted by Crippen LogP contribution is 2.34. The van der Waals surface area contributed by atoms with Crippen LogP contribution >= 0.6 is 11.6 Å². The van der Waals surface area contributed by atoms with Crippen LogP contribution in [0.1, 0.15) is 18.4 Å². The molecule has 0 bridgehead atoms. The Morgan fingerprint density at radius 3 is 2.36 bits per heavy atom. The number of benzene rings is 1. The SMILES string of the molecule is Oc1ccc(N2CCC(Oc3ncc(C(F)(F)F)cc3Cl)CC2)cc1. The molecule has 2 aromatic rings. The predicted molar refractivity (Wildman–Crippen MR) is 88.2 cm³/mol. The largest absolute Gasteiger partial charge is 0.508 e. The van der Waals surface area contributed by atoms with Crippen LogP contribution in [0.4, 0.5) is 18.9 Å². The molecule has 0 amide bonds. The standard InChI is InChI=1S/C17H16ClF3N2O2/c18-15-9-11(17(19,20)21)10-22-16(15)25-14-5-7-23(8-6-14)12-1-3-13(24)4-2-12/h1-4,9-10,14,24H,5-8H2. The number of aromatic nitrogens is 1. The van der Waals surface area contributed by atoms with E-state index in [1.165, 1.54) is 0 Å². The van der Waals surface area contributed by atoms with Gasteiger partial charge in [0, 0.05) is 37.8 Å². The molecule has 134 valence electrons. The first-order valence-electron chi connectivity index (χ1n) is 7.76. The Hall–Kier alpha value is -2.15. The molecule has 8 heteroatoms. The molecule has 4 nitrogen and oxygen atoms in total. The fourth-order valence-corrected chi connectivity index (χ4v) is 2.93. The molecule has 1 fully saturated rings. The van der Waals surface area contributed by atoms with Gasteiger partial charge >= 0.3 is 6.18 Å². The Bertz CT molecular complexity index is 730. The summed E-state index contributed by atoms with van der Waals surface area (Å²) in [7, 11) is 0. The number of nitrogens with zero attached hydrogens (tertiary/aromatic N) is 2. The van der Waals surface area contributed by atoms with Crippen molar-refractivity contribution in [3.63, 3.8) is 0 Å². The van der Waals surface area contributed by atoms with E-state index in [-0.39, 0.29) is 22.8 Å². The van der Waals surface area contributed by atoms with Gasteiger partial charge in [0.2, 0.25) is 5.88 Å². The number of phenolic OH excluding ortho intramolecular Hbond substituents is 1. The van der Waals surface area contributed by atoms with Gasteiger partial charge in [0.1, 0.15) is 16.9 Å². The van der Waals surface area contributed by atoms with Crippen molar-refractivity contribution in [2.45, 2.75) is 25.1 Å². The van der Waals surface area contributed by atoms with Crippen LogP contribution in [0.25, 0.3) is 0 Å². The fourth-order valence-electron chi connectivity index (χ4n) is 2.72. The molecule has 0 radical (unpaired) electrons. The van der Waals surface area contributed by atoms with E-state index in [2.05, 4.69) is 9.88 Å². The molecular weight excluding hydrogens is 357 g/mol. The monoisotopic (exact) mass is 372 g/mol. The molecule has 3 rings (SSSR count). The second kappa shape index (κ2) is 7.00. The molecule has 1 saturated heterocycles. The van der Waals surface area contributed by atoms with Gasteiger partial charge in [0.15, 0.2) is 0 Å². The zero-order valence-corrected chi connectivity index (χ0v) is 13.9. The molecule has 1 aromatic carbocycles. The predicted octanol–water partition coefficient (Wildman–Crippen LogP) is 4.51. The van der Waals surface area contributed by atoms with E-state index < -0.39 is 11.7 Å². The third-order valence-corrected chi connectivity index (χ3v) is 4.34. The lowest BCUT2D eigenvalue weighted by Crippen LogP contribution is -2.38. The molecular formula is C17H16ClF3N2O2. The number of hydrogen-bond acceptors (Lipinski definition) is 4. The number of halogens is 4. The molecule has 0 saturated carbocycles. The Morgan fingerprint density at radius 1 is 1.16 bits per heavy atom. The number of hydrogen-bond donors (Lipinski definition) is 1. The lowest BCUT2D eigenvalue weighted by Gasteiger charge is -2.33. The lowest BCUT2D eigenvalue weighted by molar-refractivity contribution is -0.137. The summed E-state index contributed by atoms with van der Waals surface area (Å²) in [6.07, 6.45) is -2.52. The van der Waals surface area contributed by atoms with Crippen molar-refractivity contribution < 1.29 is 23.0 Å². The van der Waals surface area contributed by atoms with Crippen LogP contribution < -0.4 is 9.64 Å². The normalized spacial score (nSPS) is 16.1. The summed E-state index contributed by atoms with van der Waals surface area (Å²) < 4.78 is 43.6. The van der Waals surface area contributed by atoms with Crippen LogP contribution in [0.5, 0.6) is 11.6 Å². The van der Waals surface area contributed by atoms with E-state index in [1.54, 1.807) is 12.1 Å². The smallest absolute Gasteiger partial charge is 0.417 e. The van der Waals surface area contributed by atoms with Gasteiger partial charge in [0.25, 0.3) is 0 Å². The molecule has 1 N–H and O–H groups in total. The van der Waals surface area contributed by atoms with E-state index in [1.807, 2.05) is 12.1 Å². The summed E-state index contributed by atoms with van der Waals surface area (Å²) in [5.41, 5.74) is 0.105. The van der Waals surface area contributed by atoms with Crippen molar-refractivity contribution in [2.75, 3.05) is 18.0 Å². The van der Waals surface area contributed by atoms with E-state index in [0.717, 1.165) is 31.0 Å². The molecule has 1 aliphatic heterocycles. The van der Waals surface area contributed by atoms with Gasteiger partial charge in [-0.3, -0.25) is 0 Å². The van der Waals surface area contributed by atoms with Crippen molar-refractivity contribution in [3.8, 4) is 11.6 Å². The van der Waals surface area contributed by atoms with E-state index in [9.17, 15) is 18.3 Å². The summed E-state index contributed by atoms with van der Waals surface area (Å²) in [6, 6.07) is 7.76. The third kappa shape index (κ3) is 4.28. The van der Waals surface area contributed by atoms with Crippen molar-refractivity contribution in [1.29, 1.82) is 0 Å². The van der Waals surface area contributed by atoms with Crippen molar-refractivity contribution >= 4 is 17.3 Å². The first-order chi connectivity index (χ1) is 11.8. The highest BCUT2D eigenvalue weighted by atomic mass is 35.5. The second-order valence-corrected chi connectivity index (χ2v) is 6.24. The van der Waals surface area contributed by atoms with Gasteiger partial charge in [-0.25, -0.2) is 4.98 Å². The quantitative estimate of drug-likeness (QED) is 0.861. The third-order valence-electron chi connectivity index (χ3n) is 4.07. The zero-order chi connectivity index (χ0) is 18.0. The second-order valence-electron chi connectivity index (χ2n) is 5.83. The molecule has 1 aliphatic rings. The number of ether oxygens (including phenoxy) is 1. The van der Waals surface area contributed by atoms with E-state index >= 15 is 0 Å². The molecule has 0 aliphatic carbocycles. The molecule has 25 heavy (non-hydrogen) atoms. The summed E-state index contributed by atoms with van der Waals surface area (Å²) in [4.78, 5) is 5.86. The molecule has 1 aromatic heterocycles. The number of piperidine rings is 1. The molecule has 0 unspecified atom stereocenters. The lowest BCUT2D eigenvalue weighted by atomic mass is 10.1. The van der Waals surface area contributed by atoms with Crippen LogP contribution in [-0.2, 0) is 6.18 Å².